The van der Waals surface area contributed by atoms with Gasteiger partial charge in [0.2, 0.25) is 0 Å². The Bertz CT molecular complexity index is 686. The second-order valence-corrected chi connectivity index (χ2v) is 8.05. The molecule has 0 radical (unpaired) electrons. The summed E-state index contributed by atoms with van der Waals surface area (Å²) < 4.78 is 2.60. The van der Waals surface area contributed by atoms with E-state index in [2.05, 4.69) is 109 Å². The summed E-state index contributed by atoms with van der Waals surface area (Å²) >= 11 is -0.0863. The molecule has 0 unspecified atom stereocenters. The van der Waals surface area contributed by atoms with Gasteiger partial charge in [-0.3, -0.25) is 0 Å². The molecule has 0 aliphatic carbocycles. The number of benzene rings is 3. The summed E-state index contributed by atoms with van der Waals surface area (Å²) in [6.45, 7) is 5.52. The molecular formula is C22H24NS+. The fraction of sp³-hybridized carbons (Fsp3) is 0.182. The van der Waals surface area contributed by atoms with Crippen molar-refractivity contribution >= 4 is 11.1 Å². The molecule has 0 spiro atoms. The highest BCUT2D eigenvalue weighted by Gasteiger charge is 2.35. The molecule has 0 amide bonds. The van der Waals surface area contributed by atoms with Gasteiger partial charge in [0.1, 0.15) is 0 Å². The van der Waals surface area contributed by atoms with Crippen LogP contribution in [0.1, 0.15) is 19.4 Å². The van der Waals surface area contributed by atoms with Gasteiger partial charge in [0, 0.05) is 0 Å². The van der Waals surface area contributed by atoms with Crippen molar-refractivity contribution in [3.8, 4) is 0 Å². The first-order valence-electron chi connectivity index (χ1n) is 8.41. The van der Waals surface area contributed by atoms with Crippen LogP contribution in [0.2, 0.25) is 0 Å². The first-order valence-corrected chi connectivity index (χ1v) is 9.59. The zero-order valence-electron chi connectivity index (χ0n) is 14.3. The average molecular weight is 335 g/mol. The lowest BCUT2D eigenvalue weighted by molar-refractivity contribution is 0.381. The van der Waals surface area contributed by atoms with E-state index >= 15 is 0 Å². The van der Waals surface area contributed by atoms with Crippen LogP contribution in [0.3, 0.4) is 0 Å². The van der Waals surface area contributed by atoms with Crippen molar-refractivity contribution in [3.63, 3.8) is 0 Å². The Kier molecular flexibility index (Phi) is 5.73. The molecule has 0 aliphatic rings. The molecule has 3 rings (SSSR count). The summed E-state index contributed by atoms with van der Waals surface area (Å²) in [5.74, 6) is 0. The highest BCUT2D eigenvalue weighted by molar-refractivity contribution is 7.94. The van der Waals surface area contributed by atoms with Crippen molar-refractivity contribution in [2.75, 3.05) is 0 Å². The first-order chi connectivity index (χ1) is 11.8. The Morgan fingerprint density at radius 2 is 1.08 bits per heavy atom. The van der Waals surface area contributed by atoms with Gasteiger partial charge in [-0.25, -0.2) is 0 Å². The Morgan fingerprint density at radius 3 is 1.50 bits per heavy atom. The summed E-state index contributed by atoms with van der Waals surface area (Å²) in [7, 11) is 0. The molecule has 0 aromatic heterocycles. The second kappa shape index (κ2) is 8.18. The van der Waals surface area contributed by atoms with E-state index in [1.54, 1.807) is 0 Å². The standard InChI is InChI=1S/C22H24NS/c1-19(2)23(18-20-12-6-3-7-13-20)24(21-14-8-4-9-15-21)22-16-10-5-11-17-22/h3-17,19H,18H2,1-2H3/q+1. The number of hydrogen-bond donors (Lipinski definition) is 0. The van der Waals surface area contributed by atoms with Gasteiger partial charge in [0.25, 0.3) is 0 Å². The molecule has 0 bridgehead atoms. The normalized spacial score (nSPS) is 11.4. The maximum Gasteiger partial charge on any atom is 0.182 e. The van der Waals surface area contributed by atoms with Gasteiger partial charge in [-0.05, 0) is 43.7 Å². The van der Waals surface area contributed by atoms with Crippen molar-refractivity contribution in [1.29, 1.82) is 0 Å². The van der Waals surface area contributed by atoms with Crippen LogP contribution in [-0.4, -0.2) is 10.3 Å². The van der Waals surface area contributed by atoms with E-state index in [-0.39, 0.29) is 11.1 Å². The van der Waals surface area contributed by atoms with Gasteiger partial charge in [0.15, 0.2) is 20.9 Å². The summed E-state index contributed by atoms with van der Waals surface area (Å²) in [6.07, 6.45) is 0. The molecule has 1 nitrogen and oxygen atoms in total. The van der Waals surface area contributed by atoms with Crippen LogP contribution in [0, 0.1) is 0 Å². The van der Waals surface area contributed by atoms with Crippen LogP contribution < -0.4 is 0 Å². The summed E-state index contributed by atoms with van der Waals surface area (Å²) in [5.41, 5.74) is 1.36. The molecular weight excluding hydrogens is 310 g/mol. The maximum absolute atomic E-state index is 2.60. The molecule has 0 saturated carbocycles. The molecule has 0 atom stereocenters. The molecule has 24 heavy (non-hydrogen) atoms. The molecule has 0 aliphatic heterocycles. The molecule has 122 valence electrons. The third-order valence-corrected chi connectivity index (χ3v) is 6.38. The Balaban J connectivity index is 2.01. The Morgan fingerprint density at radius 1 is 0.667 bits per heavy atom. The van der Waals surface area contributed by atoms with E-state index < -0.39 is 0 Å². The topological polar surface area (TPSA) is 3.24 Å². The molecule has 0 N–H and O–H groups in total. The summed E-state index contributed by atoms with van der Waals surface area (Å²) in [6, 6.07) is 32.9. The van der Waals surface area contributed by atoms with Crippen LogP contribution >= 0.6 is 0 Å². The van der Waals surface area contributed by atoms with Crippen molar-refractivity contribution < 1.29 is 0 Å². The van der Waals surface area contributed by atoms with E-state index in [1.165, 1.54) is 15.4 Å². The smallest absolute Gasteiger partial charge is 0.109 e. The minimum absolute atomic E-state index is 0.0863. The van der Waals surface area contributed by atoms with E-state index in [9.17, 15) is 0 Å². The molecule has 0 fully saturated rings. The minimum Gasteiger partial charge on any atom is -0.109 e. The predicted octanol–water partition coefficient (Wildman–Crippen LogP) is 5.55. The monoisotopic (exact) mass is 334 g/mol. The molecule has 2 heteroatoms. The third-order valence-electron chi connectivity index (χ3n) is 3.92. The SMILES string of the molecule is CC(C)N(Cc1ccccc1)[S+](c1ccccc1)c1ccccc1. The molecule has 0 heterocycles. The highest BCUT2D eigenvalue weighted by atomic mass is 32.2. The van der Waals surface area contributed by atoms with Gasteiger partial charge < -0.3 is 0 Å². The molecule has 3 aromatic carbocycles. The van der Waals surface area contributed by atoms with E-state index in [4.69, 9.17) is 0 Å². The summed E-state index contributed by atoms with van der Waals surface area (Å²) in [4.78, 5) is 2.74. The lowest BCUT2D eigenvalue weighted by atomic mass is 10.2. The van der Waals surface area contributed by atoms with Gasteiger partial charge in [-0.1, -0.05) is 66.7 Å². The molecule has 0 saturated heterocycles. The van der Waals surface area contributed by atoms with E-state index in [1.807, 2.05) is 0 Å². The number of nitrogens with zero attached hydrogens (tertiary/aromatic N) is 1. The third kappa shape index (κ3) is 4.08. The molecule has 3 aromatic rings. The quantitative estimate of drug-likeness (QED) is 0.534. The summed E-state index contributed by atoms with van der Waals surface area (Å²) in [5, 5.41) is 0. The number of rotatable bonds is 6. The fourth-order valence-electron chi connectivity index (χ4n) is 2.73. The lowest BCUT2D eigenvalue weighted by Crippen LogP contribution is -2.36. The van der Waals surface area contributed by atoms with E-state index in [0.29, 0.717) is 6.04 Å². The van der Waals surface area contributed by atoms with Crippen LogP contribution in [0.4, 0.5) is 0 Å². The second-order valence-electron chi connectivity index (χ2n) is 6.07. The number of hydrogen-bond acceptors (Lipinski definition) is 1. The zero-order chi connectivity index (χ0) is 16.8. The van der Waals surface area contributed by atoms with Crippen molar-refractivity contribution in [1.82, 2.24) is 4.31 Å². The van der Waals surface area contributed by atoms with Gasteiger partial charge in [-0.15, -0.1) is 4.31 Å². The van der Waals surface area contributed by atoms with E-state index in [0.717, 1.165) is 6.54 Å². The zero-order valence-corrected chi connectivity index (χ0v) is 15.1. The first kappa shape index (κ1) is 16.8. The maximum atomic E-state index is 2.60. The predicted molar refractivity (Wildman–Crippen MR) is 104 cm³/mol. The van der Waals surface area contributed by atoms with Crippen LogP contribution in [0.25, 0.3) is 0 Å². The minimum atomic E-state index is -0.0863. The van der Waals surface area contributed by atoms with Gasteiger partial charge in [0.05, 0.1) is 12.6 Å². The van der Waals surface area contributed by atoms with Crippen molar-refractivity contribution in [2.24, 2.45) is 0 Å². The Labute approximate surface area is 148 Å². The van der Waals surface area contributed by atoms with Crippen LogP contribution in [0.15, 0.2) is 101 Å². The fourth-order valence-corrected chi connectivity index (χ4v) is 5.07. The lowest BCUT2D eigenvalue weighted by Gasteiger charge is -2.25. The average Bonchev–Trinajstić information content (AvgIpc) is 2.64. The largest absolute Gasteiger partial charge is 0.182 e. The highest BCUT2D eigenvalue weighted by Crippen LogP contribution is 2.30. The van der Waals surface area contributed by atoms with Crippen LogP contribution in [0.5, 0.6) is 0 Å². The Hall–Kier alpha value is -2.03. The van der Waals surface area contributed by atoms with Gasteiger partial charge in [-0.2, -0.15) is 0 Å². The van der Waals surface area contributed by atoms with Crippen LogP contribution in [-0.2, 0) is 17.6 Å². The van der Waals surface area contributed by atoms with Crippen molar-refractivity contribution in [2.45, 2.75) is 36.2 Å². The van der Waals surface area contributed by atoms with Crippen molar-refractivity contribution in [3.05, 3.63) is 96.6 Å². The van der Waals surface area contributed by atoms with Gasteiger partial charge >= 0.3 is 0 Å².